The summed E-state index contributed by atoms with van der Waals surface area (Å²) in [7, 11) is 0. The van der Waals surface area contributed by atoms with E-state index in [4.69, 9.17) is 15.0 Å². The Hall–Kier alpha value is -8.93. The van der Waals surface area contributed by atoms with Gasteiger partial charge in [-0.05, 0) is 68.8 Å². The first kappa shape index (κ1) is 39.4. The number of para-hydroxylation sites is 2. The molecule has 68 heavy (non-hydrogen) atoms. The summed E-state index contributed by atoms with van der Waals surface area (Å²) in [4.78, 5) is 18.6. The van der Waals surface area contributed by atoms with Gasteiger partial charge in [-0.15, -0.1) is 0 Å². The third-order valence-corrected chi connectivity index (χ3v) is 13.6. The number of aromatic nitrogens is 4. The van der Waals surface area contributed by atoms with E-state index in [1.807, 2.05) is 18.2 Å². The highest BCUT2D eigenvalue weighted by Crippen LogP contribution is 2.53. The van der Waals surface area contributed by atoms with Gasteiger partial charge in [0, 0.05) is 33.4 Å². The Morgan fingerprint density at radius 1 is 0.368 bits per heavy atom. The molecule has 320 valence electrons. The van der Waals surface area contributed by atoms with Crippen LogP contribution in [-0.2, 0) is 0 Å². The van der Waals surface area contributed by atoms with Gasteiger partial charge in [0.05, 0.1) is 28.5 Å². The zero-order valence-electron chi connectivity index (χ0n) is 37.1. The van der Waals surface area contributed by atoms with E-state index in [-0.39, 0.29) is 12.0 Å². The minimum atomic E-state index is -0.0638. The minimum absolute atomic E-state index is 0.0638. The molecule has 0 amide bonds. The van der Waals surface area contributed by atoms with Gasteiger partial charge in [-0.2, -0.15) is 9.97 Å². The topological polar surface area (TPSA) is 46.8 Å². The van der Waals surface area contributed by atoms with Crippen molar-refractivity contribution in [2.75, 3.05) is 4.90 Å². The lowest BCUT2D eigenvalue weighted by atomic mass is 9.91. The summed E-state index contributed by atoms with van der Waals surface area (Å²) in [5.74, 6) is 1.93. The van der Waals surface area contributed by atoms with Gasteiger partial charge in [-0.1, -0.05) is 224 Å². The molecule has 0 radical (unpaired) electrons. The summed E-state index contributed by atoms with van der Waals surface area (Å²) in [6, 6.07) is 79.8. The number of benzene rings is 9. The molecule has 2 aliphatic rings. The van der Waals surface area contributed by atoms with Crippen molar-refractivity contribution in [2.45, 2.75) is 12.0 Å². The van der Waals surface area contributed by atoms with Gasteiger partial charge < -0.3 is 9.47 Å². The SMILES string of the molecule is C1=CC2c3ccc4c5ccccc5n(-c5ccccc5-c5ccccc5)c4c3N(c3nc(-c4ccccc4)nc(-c4cccc(-c5cccc(-c6ccc(-c7ccccc7)cc6)c5)c4)n3)C2C=C1. The normalized spacial score (nSPS) is 14.9. The van der Waals surface area contributed by atoms with Crippen LogP contribution in [0.5, 0.6) is 0 Å². The monoisotopic (exact) mass is 869 g/mol. The van der Waals surface area contributed by atoms with Gasteiger partial charge in [0.2, 0.25) is 5.95 Å². The Morgan fingerprint density at radius 2 is 0.897 bits per heavy atom. The molecule has 13 rings (SSSR count). The number of nitrogens with zero attached hydrogens (tertiary/aromatic N) is 5. The molecule has 2 atom stereocenters. The first-order valence-electron chi connectivity index (χ1n) is 23.3. The highest BCUT2D eigenvalue weighted by atomic mass is 15.3. The summed E-state index contributed by atoms with van der Waals surface area (Å²) in [5.41, 5.74) is 16.9. The van der Waals surface area contributed by atoms with Crippen LogP contribution in [0.15, 0.2) is 249 Å². The van der Waals surface area contributed by atoms with Crippen LogP contribution in [-0.4, -0.2) is 25.6 Å². The fraction of sp³-hybridized carbons (Fsp3) is 0.0317. The number of hydrogen-bond acceptors (Lipinski definition) is 4. The third-order valence-electron chi connectivity index (χ3n) is 13.6. The standard InChI is InChI=1S/C63H43N5/c1-4-18-42(19-5-1)43-34-36-44(37-35-43)47-24-16-25-48(40-47)49-26-17-27-50(41-49)62-64-61(46-22-8-3-9-23-46)65-63(66-62)68-58-33-15-12-30-53(58)55-39-38-54-52-29-11-14-32-57(52)67(59(54)60(55)68)56-31-13-10-28-51(56)45-20-6-2-7-21-45/h1-41,53,58H. The Kier molecular flexibility index (Phi) is 9.57. The van der Waals surface area contributed by atoms with Gasteiger partial charge in [0.25, 0.3) is 0 Å². The van der Waals surface area contributed by atoms with Crippen molar-refractivity contribution in [3.8, 4) is 73.0 Å². The maximum absolute atomic E-state index is 5.50. The predicted octanol–water partition coefficient (Wildman–Crippen LogP) is 15.7. The minimum Gasteiger partial charge on any atom is -0.307 e. The number of fused-ring (bicyclic) bond motifs is 7. The van der Waals surface area contributed by atoms with Crippen LogP contribution in [0.3, 0.4) is 0 Å². The van der Waals surface area contributed by atoms with E-state index in [2.05, 4.69) is 240 Å². The van der Waals surface area contributed by atoms with Crippen LogP contribution in [0.4, 0.5) is 11.6 Å². The molecule has 2 aromatic heterocycles. The van der Waals surface area contributed by atoms with E-state index in [9.17, 15) is 0 Å². The van der Waals surface area contributed by atoms with E-state index >= 15 is 0 Å². The average molecular weight is 870 g/mol. The second-order valence-electron chi connectivity index (χ2n) is 17.5. The van der Waals surface area contributed by atoms with Crippen LogP contribution < -0.4 is 4.90 Å². The second-order valence-corrected chi connectivity index (χ2v) is 17.5. The van der Waals surface area contributed by atoms with Gasteiger partial charge in [-0.25, -0.2) is 4.98 Å². The first-order chi connectivity index (χ1) is 33.7. The highest BCUT2D eigenvalue weighted by molar-refractivity contribution is 6.15. The number of allylic oxidation sites excluding steroid dienone is 2. The number of anilines is 2. The van der Waals surface area contributed by atoms with E-state index in [0.717, 1.165) is 55.8 Å². The van der Waals surface area contributed by atoms with Crippen molar-refractivity contribution in [1.29, 1.82) is 0 Å². The maximum Gasteiger partial charge on any atom is 0.234 e. The van der Waals surface area contributed by atoms with Crippen LogP contribution in [0, 0.1) is 0 Å². The molecule has 5 nitrogen and oxygen atoms in total. The fourth-order valence-electron chi connectivity index (χ4n) is 10.4. The van der Waals surface area contributed by atoms with Gasteiger partial charge in [-0.3, -0.25) is 0 Å². The van der Waals surface area contributed by atoms with E-state index in [0.29, 0.717) is 17.6 Å². The molecule has 3 heterocycles. The molecule has 0 saturated heterocycles. The van der Waals surface area contributed by atoms with Gasteiger partial charge >= 0.3 is 0 Å². The highest BCUT2D eigenvalue weighted by Gasteiger charge is 2.42. The Morgan fingerprint density at radius 3 is 1.63 bits per heavy atom. The summed E-state index contributed by atoms with van der Waals surface area (Å²) >= 11 is 0. The molecule has 1 aliphatic heterocycles. The summed E-state index contributed by atoms with van der Waals surface area (Å²) in [5, 5.41) is 2.37. The Bertz CT molecular complexity index is 3740. The first-order valence-corrected chi connectivity index (χ1v) is 23.3. The van der Waals surface area contributed by atoms with Crippen molar-refractivity contribution in [1.82, 2.24) is 19.5 Å². The lowest BCUT2D eigenvalue weighted by molar-refractivity contribution is 0.728. The third kappa shape index (κ3) is 6.75. The molecule has 0 bridgehead atoms. The average Bonchev–Trinajstić information content (AvgIpc) is 3.95. The van der Waals surface area contributed by atoms with Crippen molar-refractivity contribution < 1.29 is 0 Å². The maximum atomic E-state index is 5.50. The molecule has 11 aromatic rings. The quantitative estimate of drug-likeness (QED) is 0.153. The van der Waals surface area contributed by atoms with E-state index < -0.39 is 0 Å². The van der Waals surface area contributed by atoms with Crippen LogP contribution in [0.1, 0.15) is 11.5 Å². The Balaban J connectivity index is 0.982. The molecule has 0 spiro atoms. The van der Waals surface area contributed by atoms with Crippen molar-refractivity contribution in [2.24, 2.45) is 0 Å². The number of rotatable bonds is 8. The van der Waals surface area contributed by atoms with E-state index in [1.54, 1.807) is 0 Å². The zero-order chi connectivity index (χ0) is 45.0. The molecule has 9 aromatic carbocycles. The summed E-state index contributed by atoms with van der Waals surface area (Å²) in [6.45, 7) is 0. The second kappa shape index (κ2) is 16.5. The zero-order valence-corrected chi connectivity index (χ0v) is 37.1. The summed E-state index contributed by atoms with van der Waals surface area (Å²) < 4.78 is 2.47. The number of hydrogen-bond donors (Lipinski definition) is 0. The van der Waals surface area contributed by atoms with Crippen molar-refractivity contribution in [3.05, 3.63) is 254 Å². The van der Waals surface area contributed by atoms with Gasteiger partial charge in [0.1, 0.15) is 0 Å². The lowest BCUT2D eigenvalue weighted by Gasteiger charge is -2.28. The van der Waals surface area contributed by atoms with E-state index in [1.165, 1.54) is 38.6 Å². The molecule has 2 unspecified atom stereocenters. The molecule has 0 fully saturated rings. The molecular formula is C63H43N5. The fourth-order valence-corrected chi connectivity index (χ4v) is 10.4. The van der Waals surface area contributed by atoms with Gasteiger partial charge in [0.15, 0.2) is 11.6 Å². The van der Waals surface area contributed by atoms with Crippen LogP contribution >= 0.6 is 0 Å². The van der Waals surface area contributed by atoms with Crippen molar-refractivity contribution >= 4 is 33.4 Å². The Labute approximate surface area is 395 Å². The lowest BCUT2D eigenvalue weighted by Crippen LogP contribution is -2.30. The molecular weight excluding hydrogens is 827 g/mol. The molecule has 0 saturated carbocycles. The molecule has 5 heteroatoms. The van der Waals surface area contributed by atoms with Crippen LogP contribution in [0.25, 0.3) is 94.8 Å². The predicted molar refractivity (Wildman–Crippen MR) is 280 cm³/mol. The van der Waals surface area contributed by atoms with Crippen LogP contribution in [0.2, 0.25) is 0 Å². The largest absolute Gasteiger partial charge is 0.307 e. The molecule has 1 aliphatic carbocycles. The van der Waals surface area contributed by atoms with Crippen molar-refractivity contribution in [3.63, 3.8) is 0 Å². The smallest absolute Gasteiger partial charge is 0.234 e. The molecule has 0 N–H and O–H groups in total. The summed E-state index contributed by atoms with van der Waals surface area (Å²) in [6.07, 6.45) is 8.96.